The Morgan fingerprint density at radius 3 is 2.52 bits per heavy atom. The highest BCUT2D eigenvalue weighted by molar-refractivity contribution is 7.80. The molecule has 0 radical (unpaired) electrons. The summed E-state index contributed by atoms with van der Waals surface area (Å²) in [6.07, 6.45) is 1.42. The van der Waals surface area contributed by atoms with Gasteiger partial charge < -0.3 is 10.2 Å². The molecule has 0 spiro atoms. The van der Waals surface area contributed by atoms with E-state index in [1.54, 1.807) is 24.3 Å². The van der Waals surface area contributed by atoms with Gasteiger partial charge in [0.2, 0.25) is 5.91 Å². The number of carbonyl (C=O) groups is 2. The van der Waals surface area contributed by atoms with Gasteiger partial charge in [-0.05, 0) is 50.3 Å². The number of likely N-dealkylation sites (N-methyl/N-ethyl adjacent to an activating group) is 1. The second-order valence-electron chi connectivity index (χ2n) is 5.68. The van der Waals surface area contributed by atoms with Gasteiger partial charge in [0.1, 0.15) is 0 Å². The number of hydrogen-bond donors (Lipinski definition) is 2. The smallest absolute Gasteiger partial charge is 0.251 e. The fourth-order valence-corrected chi connectivity index (χ4v) is 2.98. The van der Waals surface area contributed by atoms with Gasteiger partial charge in [-0.1, -0.05) is 11.6 Å². The highest BCUT2D eigenvalue weighted by atomic mass is 35.5. The molecule has 0 aliphatic carbocycles. The number of aliphatic imine (C=N–C) groups is 1. The molecule has 2 N–H and O–H groups in total. The molecule has 25 heavy (non-hydrogen) atoms. The maximum absolute atomic E-state index is 12.7. The summed E-state index contributed by atoms with van der Waals surface area (Å²) < 4.78 is 0. The lowest BCUT2D eigenvalue weighted by Gasteiger charge is -2.30. The van der Waals surface area contributed by atoms with Crippen LogP contribution in [-0.2, 0) is 9.59 Å². The molecule has 0 bridgehead atoms. The van der Waals surface area contributed by atoms with Crippen LogP contribution in [0.3, 0.4) is 0 Å². The lowest BCUT2D eigenvalue weighted by Crippen LogP contribution is -3.11. The van der Waals surface area contributed by atoms with Crippen LogP contribution in [0.5, 0.6) is 0 Å². The van der Waals surface area contributed by atoms with Gasteiger partial charge >= 0.3 is 0 Å². The molecule has 6 nitrogen and oxygen atoms in total. The van der Waals surface area contributed by atoms with Crippen LogP contribution in [0.4, 0.5) is 5.69 Å². The number of benzene rings is 1. The zero-order valence-corrected chi connectivity index (χ0v) is 15.9. The fourth-order valence-electron chi connectivity index (χ4n) is 2.56. The highest BCUT2D eigenvalue weighted by Crippen LogP contribution is 2.22. The van der Waals surface area contributed by atoms with Crippen molar-refractivity contribution in [3.63, 3.8) is 0 Å². The average molecular weight is 382 g/mol. The van der Waals surface area contributed by atoms with Crippen LogP contribution in [0.1, 0.15) is 13.8 Å². The van der Waals surface area contributed by atoms with Crippen molar-refractivity contribution in [2.45, 2.75) is 13.8 Å². The third kappa shape index (κ3) is 4.84. The number of halogens is 1. The summed E-state index contributed by atoms with van der Waals surface area (Å²) >= 11 is 11.0. The van der Waals surface area contributed by atoms with Gasteiger partial charge in [-0.15, -0.1) is 0 Å². The third-order valence-corrected chi connectivity index (χ3v) is 4.67. The SMILES string of the molecule is CC[NH+](CC)CCN=CC1C(=O)NC(=S)N(c2ccc(Cl)cc2)C1=O. The summed E-state index contributed by atoms with van der Waals surface area (Å²) in [4.78, 5) is 31.8. The number of hydrogen-bond acceptors (Lipinski definition) is 4. The number of quaternary nitrogens is 1. The molecule has 1 aromatic carbocycles. The Morgan fingerprint density at radius 1 is 1.28 bits per heavy atom. The Balaban J connectivity index is 2.10. The topological polar surface area (TPSA) is 66.2 Å². The minimum Gasteiger partial charge on any atom is -0.334 e. The minimum absolute atomic E-state index is 0.0644. The Hall–Kier alpha value is -1.83. The van der Waals surface area contributed by atoms with E-state index in [9.17, 15) is 9.59 Å². The quantitative estimate of drug-likeness (QED) is 0.415. The van der Waals surface area contributed by atoms with Crippen LogP contribution in [-0.4, -0.2) is 49.3 Å². The van der Waals surface area contributed by atoms with Gasteiger partial charge in [0.15, 0.2) is 11.0 Å². The third-order valence-electron chi connectivity index (χ3n) is 4.14. The number of nitrogens with one attached hydrogen (secondary N) is 2. The first kappa shape index (κ1) is 19.5. The Labute approximate surface area is 157 Å². The molecule has 1 aromatic rings. The van der Waals surface area contributed by atoms with Crippen LogP contribution >= 0.6 is 23.8 Å². The lowest BCUT2D eigenvalue weighted by atomic mass is 10.1. The summed E-state index contributed by atoms with van der Waals surface area (Å²) in [5.41, 5.74) is 0.561. The molecule has 0 saturated carbocycles. The van der Waals surface area contributed by atoms with Gasteiger partial charge in [-0.25, -0.2) is 0 Å². The lowest BCUT2D eigenvalue weighted by molar-refractivity contribution is -0.894. The first-order valence-corrected chi connectivity index (χ1v) is 9.04. The van der Waals surface area contributed by atoms with E-state index in [2.05, 4.69) is 24.2 Å². The van der Waals surface area contributed by atoms with Crippen LogP contribution in [0.2, 0.25) is 5.02 Å². The maximum atomic E-state index is 12.7. The molecule has 1 aliphatic heterocycles. The van der Waals surface area contributed by atoms with Crippen molar-refractivity contribution >= 4 is 52.6 Å². The van der Waals surface area contributed by atoms with E-state index in [1.807, 2.05) is 0 Å². The number of nitrogens with zero attached hydrogens (tertiary/aromatic N) is 2. The zero-order chi connectivity index (χ0) is 18.4. The Kier molecular flexibility index (Phi) is 7.04. The van der Waals surface area contributed by atoms with Crippen molar-refractivity contribution in [1.82, 2.24) is 5.32 Å². The van der Waals surface area contributed by atoms with E-state index in [0.29, 0.717) is 17.3 Å². The molecular weight excluding hydrogens is 360 g/mol. The number of thiocarbonyl (C=S) groups is 1. The number of anilines is 1. The molecule has 2 rings (SSSR count). The van der Waals surface area contributed by atoms with E-state index in [0.717, 1.165) is 19.6 Å². The summed E-state index contributed by atoms with van der Waals surface area (Å²) in [5.74, 6) is -1.83. The van der Waals surface area contributed by atoms with Crippen molar-refractivity contribution in [3.05, 3.63) is 29.3 Å². The summed E-state index contributed by atoms with van der Waals surface area (Å²) in [5, 5.41) is 3.18. The predicted molar refractivity (Wildman–Crippen MR) is 103 cm³/mol. The zero-order valence-electron chi connectivity index (χ0n) is 14.3. The van der Waals surface area contributed by atoms with Gasteiger partial charge in [0.25, 0.3) is 5.91 Å². The standard InChI is InChI=1S/C17H21ClN4O2S/c1-3-21(4-2)10-9-19-11-14-15(23)20-17(25)22(16(14)24)13-7-5-12(18)6-8-13/h5-8,11,14H,3-4,9-10H2,1-2H3,(H,20,23,25)/p+1. The summed E-state index contributed by atoms with van der Waals surface area (Å²) in [7, 11) is 0. The predicted octanol–water partition coefficient (Wildman–Crippen LogP) is 0.699. The largest absolute Gasteiger partial charge is 0.334 e. The summed E-state index contributed by atoms with van der Waals surface area (Å²) in [6.45, 7) is 7.71. The monoisotopic (exact) mass is 381 g/mol. The van der Waals surface area contributed by atoms with Crippen LogP contribution in [0.15, 0.2) is 29.3 Å². The first-order valence-electron chi connectivity index (χ1n) is 8.25. The van der Waals surface area contributed by atoms with Gasteiger partial charge in [0, 0.05) is 11.2 Å². The molecule has 2 amide bonds. The fraction of sp³-hybridized carbons (Fsp3) is 0.412. The molecule has 0 aromatic heterocycles. The molecule has 1 atom stereocenters. The van der Waals surface area contributed by atoms with Crippen molar-refractivity contribution < 1.29 is 14.5 Å². The number of rotatable bonds is 7. The molecule has 1 unspecified atom stereocenters. The van der Waals surface area contributed by atoms with Crippen LogP contribution < -0.4 is 15.1 Å². The second kappa shape index (κ2) is 9.03. The van der Waals surface area contributed by atoms with Crippen molar-refractivity contribution in [1.29, 1.82) is 0 Å². The van der Waals surface area contributed by atoms with Crippen LogP contribution in [0.25, 0.3) is 0 Å². The molecule has 1 saturated heterocycles. The van der Waals surface area contributed by atoms with Crippen molar-refractivity contribution in [3.8, 4) is 0 Å². The molecule has 134 valence electrons. The van der Waals surface area contributed by atoms with Crippen molar-refractivity contribution in [2.24, 2.45) is 10.9 Å². The average Bonchev–Trinajstić information content (AvgIpc) is 2.59. The maximum Gasteiger partial charge on any atom is 0.251 e. The normalized spacial score (nSPS) is 18.3. The number of carbonyl (C=O) groups excluding carboxylic acids is 2. The Bertz CT molecular complexity index is 674. The number of amides is 2. The van der Waals surface area contributed by atoms with E-state index < -0.39 is 17.7 Å². The summed E-state index contributed by atoms with van der Waals surface area (Å²) in [6, 6.07) is 6.70. The van der Waals surface area contributed by atoms with E-state index >= 15 is 0 Å². The molecule has 8 heteroatoms. The molecule has 1 heterocycles. The first-order chi connectivity index (χ1) is 12.0. The van der Waals surface area contributed by atoms with E-state index in [-0.39, 0.29) is 5.11 Å². The van der Waals surface area contributed by atoms with Crippen LogP contribution in [0, 0.1) is 5.92 Å². The highest BCUT2D eigenvalue weighted by Gasteiger charge is 2.38. The molecule has 1 aliphatic rings. The van der Waals surface area contributed by atoms with Gasteiger partial charge in [-0.3, -0.25) is 19.5 Å². The van der Waals surface area contributed by atoms with E-state index in [1.165, 1.54) is 16.0 Å². The molecular formula is C17H22ClN4O2S+. The van der Waals surface area contributed by atoms with Gasteiger partial charge in [0.05, 0.1) is 31.9 Å². The molecule has 1 fully saturated rings. The minimum atomic E-state index is -0.978. The Morgan fingerprint density at radius 2 is 1.92 bits per heavy atom. The van der Waals surface area contributed by atoms with E-state index in [4.69, 9.17) is 23.8 Å². The van der Waals surface area contributed by atoms with Crippen molar-refractivity contribution in [2.75, 3.05) is 31.1 Å². The second-order valence-corrected chi connectivity index (χ2v) is 6.51. The van der Waals surface area contributed by atoms with Gasteiger partial charge in [-0.2, -0.15) is 0 Å².